The first-order valence-electron chi connectivity index (χ1n) is 10.1. The van der Waals surface area contributed by atoms with Gasteiger partial charge in [0, 0.05) is 30.9 Å². The summed E-state index contributed by atoms with van der Waals surface area (Å²) in [6, 6.07) is 25.8. The molecule has 0 heterocycles. The molecule has 150 valence electrons. The van der Waals surface area contributed by atoms with E-state index in [0.717, 1.165) is 23.2 Å². The van der Waals surface area contributed by atoms with Crippen LogP contribution >= 0.6 is 0 Å². The molecule has 3 aromatic carbocycles. The maximum Gasteiger partial charge on any atom is 0.254 e. The van der Waals surface area contributed by atoms with Crippen LogP contribution in [0.1, 0.15) is 34.0 Å². The number of aryl methyl sites for hydroxylation is 1. The molecule has 0 aliphatic heterocycles. The molecular formula is C25H28N2O2. The highest BCUT2D eigenvalue weighted by Crippen LogP contribution is 2.18. The average Bonchev–Trinajstić information content (AvgIpc) is 2.78. The second-order valence-electron chi connectivity index (χ2n) is 7.00. The molecule has 0 unspecified atom stereocenters. The van der Waals surface area contributed by atoms with E-state index in [1.807, 2.05) is 66.7 Å². The van der Waals surface area contributed by atoms with Gasteiger partial charge < -0.3 is 15.3 Å². The fourth-order valence-electron chi connectivity index (χ4n) is 3.37. The highest BCUT2D eigenvalue weighted by Gasteiger charge is 2.16. The number of hydrogen-bond donors (Lipinski definition) is 2. The monoisotopic (exact) mass is 388 g/mol. The lowest BCUT2D eigenvalue weighted by Gasteiger charge is -2.22. The van der Waals surface area contributed by atoms with Gasteiger partial charge in [-0.2, -0.15) is 0 Å². The van der Waals surface area contributed by atoms with E-state index in [1.54, 1.807) is 4.90 Å². The zero-order valence-corrected chi connectivity index (χ0v) is 16.8. The molecule has 3 aromatic rings. The van der Waals surface area contributed by atoms with Crippen LogP contribution in [0, 0.1) is 0 Å². The van der Waals surface area contributed by atoms with Crippen molar-refractivity contribution in [2.75, 3.05) is 18.5 Å². The largest absolute Gasteiger partial charge is 0.395 e. The first-order chi connectivity index (χ1) is 14.2. The minimum atomic E-state index is -0.0706. The van der Waals surface area contributed by atoms with Gasteiger partial charge in [-0.3, -0.25) is 4.79 Å². The maximum absolute atomic E-state index is 13.1. The van der Waals surface area contributed by atoms with E-state index < -0.39 is 0 Å². The first-order valence-corrected chi connectivity index (χ1v) is 10.1. The minimum absolute atomic E-state index is 0.0619. The lowest BCUT2D eigenvalue weighted by molar-refractivity contribution is 0.0707. The molecule has 0 aliphatic carbocycles. The summed E-state index contributed by atoms with van der Waals surface area (Å²) in [6.45, 7) is 3.51. The Morgan fingerprint density at radius 1 is 0.931 bits per heavy atom. The van der Waals surface area contributed by atoms with Crippen molar-refractivity contribution in [2.24, 2.45) is 0 Å². The van der Waals surface area contributed by atoms with E-state index in [0.29, 0.717) is 25.2 Å². The van der Waals surface area contributed by atoms with Gasteiger partial charge >= 0.3 is 0 Å². The summed E-state index contributed by atoms with van der Waals surface area (Å²) in [6.07, 6.45) is 0.970. The van der Waals surface area contributed by atoms with Crippen molar-refractivity contribution in [3.63, 3.8) is 0 Å². The average molecular weight is 389 g/mol. The Labute approximate surface area is 172 Å². The maximum atomic E-state index is 13.1. The molecule has 1 amide bonds. The summed E-state index contributed by atoms with van der Waals surface area (Å²) in [4.78, 5) is 14.7. The fourth-order valence-corrected chi connectivity index (χ4v) is 3.37. The molecular weight excluding hydrogens is 360 g/mol. The number of aliphatic hydroxyl groups excluding tert-OH is 1. The molecule has 0 saturated carbocycles. The molecule has 4 nitrogen and oxygen atoms in total. The number of nitrogens with zero attached hydrogens (tertiary/aromatic N) is 1. The van der Waals surface area contributed by atoms with Gasteiger partial charge in [0.15, 0.2) is 0 Å². The number of amides is 1. The lowest BCUT2D eigenvalue weighted by atomic mass is 10.1. The van der Waals surface area contributed by atoms with Crippen LogP contribution in [0.25, 0.3) is 0 Å². The second-order valence-corrected chi connectivity index (χ2v) is 7.00. The van der Waals surface area contributed by atoms with Crippen LogP contribution in [-0.4, -0.2) is 29.1 Å². The Hall–Kier alpha value is -3.11. The van der Waals surface area contributed by atoms with Crippen LogP contribution in [0.2, 0.25) is 0 Å². The van der Waals surface area contributed by atoms with Crippen LogP contribution < -0.4 is 5.32 Å². The number of benzene rings is 3. The second kappa shape index (κ2) is 10.4. The Kier molecular flexibility index (Phi) is 7.42. The van der Waals surface area contributed by atoms with Crippen molar-refractivity contribution >= 4 is 11.6 Å². The third-order valence-electron chi connectivity index (χ3n) is 4.93. The minimum Gasteiger partial charge on any atom is -0.395 e. The zero-order valence-electron chi connectivity index (χ0n) is 16.8. The first kappa shape index (κ1) is 20.6. The predicted molar refractivity (Wildman–Crippen MR) is 118 cm³/mol. The number of para-hydroxylation sites is 1. The predicted octanol–water partition coefficient (Wildman–Crippen LogP) is 4.50. The van der Waals surface area contributed by atoms with Gasteiger partial charge in [-0.25, -0.2) is 0 Å². The highest BCUT2D eigenvalue weighted by atomic mass is 16.3. The third-order valence-corrected chi connectivity index (χ3v) is 4.93. The van der Waals surface area contributed by atoms with Crippen molar-refractivity contribution < 1.29 is 9.90 Å². The van der Waals surface area contributed by atoms with Crippen molar-refractivity contribution in [2.45, 2.75) is 26.4 Å². The summed E-state index contributed by atoms with van der Waals surface area (Å²) in [5, 5.41) is 12.9. The smallest absolute Gasteiger partial charge is 0.254 e. The van der Waals surface area contributed by atoms with Crippen LogP contribution in [0.4, 0.5) is 5.69 Å². The van der Waals surface area contributed by atoms with Gasteiger partial charge in [0.25, 0.3) is 5.91 Å². The highest BCUT2D eigenvalue weighted by molar-refractivity contribution is 5.94. The SMILES string of the molecule is CCc1ccccc1NCc1cccc(C(=O)N(CCO)Cc2ccccc2)c1. The Balaban J connectivity index is 1.72. The standard InChI is InChI=1S/C25H28N2O2/c1-2-22-12-6-7-14-24(22)26-18-21-11-8-13-23(17-21)25(29)27(15-16-28)19-20-9-4-3-5-10-20/h3-14,17,26,28H,2,15-16,18-19H2,1H3. The quantitative estimate of drug-likeness (QED) is 0.568. The summed E-state index contributed by atoms with van der Waals surface area (Å²) >= 11 is 0. The number of rotatable bonds is 9. The van der Waals surface area contributed by atoms with Gasteiger partial charge in [-0.15, -0.1) is 0 Å². The van der Waals surface area contributed by atoms with E-state index in [9.17, 15) is 9.90 Å². The number of hydrogen-bond acceptors (Lipinski definition) is 3. The molecule has 2 N–H and O–H groups in total. The van der Waals surface area contributed by atoms with Gasteiger partial charge in [0.1, 0.15) is 0 Å². The van der Waals surface area contributed by atoms with Crippen molar-refractivity contribution in [3.8, 4) is 0 Å². The van der Waals surface area contributed by atoms with Crippen LogP contribution in [0.5, 0.6) is 0 Å². The van der Waals surface area contributed by atoms with Gasteiger partial charge in [0.2, 0.25) is 0 Å². The van der Waals surface area contributed by atoms with E-state index in [2.05, 4.69) is 24.4 Å². The number of anilines is 1. The number of nitrogens with one attached hydrogen (secondary N) is 1. The normalized spacial score (nSPS) is 10.6. The molecule has 0 aromatic heterocycles. The number of aliphatic hydroxyl groups is 1. The topological polar surface area (TPSA) is 52.6 Å². The zero-order chi connectivity index (χ0) is 20.5. The molecule has 0 spiro atoms. The molecule has 0 fully saturated rings. The van der Waals surface area contributed by atoms with Crippen LogP contribution in [0.3, 0.4) is 0 Å². The summed E-state index contributed by atoms with van der Waals surface area (Å²) in [5.74, 6) is -0.0706. The Bertz CT molecular complexity index is 925. The summed E-state index contributed by atoms with van der Waals surface area (Å²) in [7, 11) is 0. The van der Waals surface area contributed by atoms with Crippen LogP contribution in [-0.2, 0) is 19.5 Å². The van der Waals surface area contributed by atoms with Gasteiger partial charge in [0.05, 0.1) is 6.61 Å². The Morgan fingerprint density at radius 2 is 1.66 bits per heavy atom. The van der Waals surface area contributed by atoms with Crippen LogP contribution in [0.15, 0.2) is 78.9 Å². The molecule has 0 bridgehead atoms. The Morgan fingerprint density at radius 3 is 2.41 bits per heavy atom. The molecule has 3 rings (SSSR count). The number of carbonyl (C=O) groups excluding carboxylic acids is 1. The molecule has 29 heavy (non-hydrogen) atoms. The van der Waals surface area contributed by atoms with Gasteiger partial charge in [-0.1, -0.05) is 67.6 Å². The van der Waals surface area contributed by atoms with E-state index in [4.69, 9.17) is 0 Å². The van der Waals surface area contributed by atoms with E-state index in [-0.39, 0.29) is 12.5 Å². The summed E-state index contributed by atoms with van der Waals surface area (Å²) < 4.78 is 0. The van der Waals surface area contributed by atoms with Crippen molar-refractivity contribution in [3.05, 3.63) is 101 Å². The molecule has 4 heteroatoms. The van der Waals surface area contributed by atoms with Crippen molar-refractivity contribution in [1.82, 2.24) is 4.90 Å². The third kappa shape index (κ3) is 5.69. The molecule has 0 aliphatic rings. The molecule has 0 radical (unpaired) electrons. The van der Waals surface area contributed by atoms with E-state index >= 15 is 0 Å². The van der Waals surface area contributed by atoms with Gasteiger partial charge in [-0.05, 0) is 41.3 Å². The fraction of sp³-hybridized carbons (Fsp3) is 0.240. The lowest BCUT2D eigenvalue weighted by Crippen LogP contribution is -2.33. The molecule has 0 atom stereocenters. The number of carbonyl (C=O) groups is 1. The summed E-state index contributed by atoms with van der Waals surface area (Å²) in [5.41, 5.74) is 5.13. The van der Waals surface area contributed by atoms with E-state index in [1.165, 1.54) is 5.56 Å². The molecule has 0 saturated heterocycles. The van der Waals surface area contributed by atoms with Crippen molar-refractivity contribution in [1.29, 1.82) is 0 Å².